The van der Waals surface area contributed by atoms with Crippen molar-refractivity contribution in [3.05, 3.63) is 47.5 Å². The minimum atomic E-state index is -0.235. The van der Waals surface area contributed by atoms with Crippen molar-refractivity contribution in [2.24, 2.45) is 0 Å². The lowest BCUT2D eigenvalue weighted by molar-refractivity contribution is -0.115. The molecule has 0 bridgehead atoms. The summed E-state index contributed by atoms with van der Waals surface area (Å²) in [5.41, 5.74) is 2.74. The van der Waals surface area contributed by atoms with Crippen LogP contribution in [0.15, 0.2) is 40.8 Å². The molecular formula is C24H29N3O5. The van der Waals surface area contributed by atoms with Crippen LogP contribution in [0.4, 0.5) is 6.01 Å². The van der Waals surface area contributed by atoms with Crippen LogP contribution < -0.4 is 19.5 Å². The van der Waals surface area contributed by atoms with E-state index in [1.54, 1.807) is 12.1 Å². The van der Waals surface area contributed by atoms with Gasteiger partial charge in [-0.15, -0.1) is 5.10 Å². The summed E-state index contributed by atoms with van der Waals surface area (Å²) >= 11 is 0. The summed E-state index contributed by atoms with van der Waals surface area (Å²) in [6.45, 7) is 9.15. The number of benzene rings is 2. The highest BCUT2D eigenvalue weighted by Crippen LogP contribution is 2.41. The molecule has 1 aromatic heterocycles. The summed E-state index contributed by atoms with van der Waals surface area (Å²) in [5, 5.41) is 10.7. The van der Waals surface area contributed by atoms with Gasteiger partial charge in [-0.05, 0) is 50.5 Å². The van der Waals surface area contributed by atoms with E-state index in [0.717, 1.165) is 12.0 Å². The second-order valence-corrected chi connectivity index (χ2v) is 6.91. The Morgan fingerprint density at radius 1 is 0.875 bits per heavy atom. The van der Waals surface area contributed by atoms with Gasteiger partial charge in [-0.25, -0.2) is 0 Å². The fraction of sp³-hybridized carbons (Fsp3) is 0.375. The molecule has 0 aliphatic heterocycles. The molecule has 0 spiro atoms. The number of carbonyl (C=O) groups is 1. The minimum absolute atomic E-state index is 0.0278. The van der Waals surface area contributed by atoms with Crippen LogP contribution in [0.1, 0.15) is 38.8 Å². The van der Waals surface area contributed by atoms with E-state index in [4.69, 9.17) is 18.6 Å². The molecule has 0 atom stereocenters. The van der Waals surface area contributed by atoms with Crippen LogP contribution in [0.3, 0.4) is 0 Å². The first-order valence-corrected chi connectivity index (χ1v) is 10.9. The zero-order valence-electron chi connectivity index (χ0n) is 18.9. The monoisotopic (exact) mass is 439 g/mol. The highest BCUT2D eigenvalue weighted by atomic mass is 16.5. The summed E-state index contributed by atoms with van der Waals surface area (Å²) in [5.74, 6) is 1.57. The number of carbonyl (C=O) groups excluding carboxylic acids is 1. The van der Waals surface area contributed by atoms with Crippen LogP contribution in [0, 0.1) is 0 Å². The van der Waals surface area contributed by atoms with Crippen LogP contribution in [-0.2, 0) is 17.6 Å². The molecule has 1 heterocycles. The van der Waals surface area contributed by atoms with Gasteiger partial charge in [0.25, 0.3) is 0 Å². The van der Waals surface area contributed by atoms with Gasteiger partial charge < -0.3 is 18.6 Å². The van der Waals surface area contributed by atoms with E-state index >= 15 is 0 Å². The Balaban J connectivity index is 1.77. The lowest BCUT2D eigenvalue weighted by Gasteiger charge is -2.16. The fourth-order valence-electron chi connectivity index (χ4n) is 3.14. The topological polar surface area (TPSA) is 95.7 Å². The van der Waals surface area contributed by atoms with Crippen molar-refractivity contribution in [1.82, 2.24) is 10.2 Å². The third-order valence-electron chi connectivity index (χ3n) is 4.62. The number of ether oxygens (including phenoxy) is 3. The van der Waals surface area contributed by atoms with Crippen LogP contribution in [0.25, 0.3) is 11.5 Å². The molecule has 0 unspecified atom stereocenters. The van der Waals surface area contributed by atoms with Crippen LogP contribution in [-0.4, -0.2) is 35.9 Å². The maximum atomic E-state index is 12.4. The molecule has 0 saturated carbocycles. The van der Waals surface area contributed by atoms with E-state index in [-0.39, 0.29) is 24.2 Å². The minimum Gasteiger partial charge on any atom is -0.490 e. The number of aryl methyl sites for hydroxylation is 1. The van der Waals surface area contributed by atoms with Crippen molar-refractivity contribution in [3.63, 3.8) is 0 Å². The van der Waals surface area contributed by atoms with E-state index in [1.165, 1.54) is 5.56 Å². The summed E-state index contributed by atoms with van der Waals surface area (Å²) in [6, 6.07) is 11.5. The summed E-state index contributed by atoms with van der Waals surface area (Å²) in [6.07, 6.45) is 1.17. The molecule has 0 aliphatic carbocycles. The number of aromatic nitrogens is 2. The predicted octanol–water partition coefficient (Wildman–Crippen LogP) is 4.68. The number of anilines is 1. The van der Waals surface area contributed by atoms with E-state index in [2.05, 4.69) is 22.4 Å². The first-order valence-electron chi connectivity index (χ1n) is 10.9. The number of hydrogen-bond acceptors (Lipinski definition) is 7. The molecule has 0 fully saturated rings. The SMILES string of the molecule is CCOc1cc(-c2nnc(NC(=O)Cc3ccc(CC)cc3)o2)cc(OCC)c1OCC. The van der Waals surface area contributed by atoms with Crippen molar-refractivity contribution in [2.45, 2.75) is 40.5 Å². The Labute approximate surface area is 187 Å². The fourth-order valence-corrected chi connectivity index (χ4v) is 3.14. The number of hydrogen-bond donors (Lipinski definition) is 1. The molecule has 8 nitrogen and oxygen atoms in total. The zero-order valence-corrected chi connectivity index (χ0v) is 18.9. The van der Waals surface area contributed by atoms with E-state index in [9.17, 15) is 4.79 Å². The van der Waals surface area contributed by atoms with E-state index in [1.807, 2.05) is 45.0 Å². The highest BCUT2D eigenvalue weighted by molar-refractivity contribution is 5.90. The summed E-state index contributed by atoms with van der Waals surface area (Å²) in [4.78, 5) is 12.4. The molecule has 32 heavy (non-hydrogen) atoms. The van der Waals surface area contributed by atoms with Crippen LogP contribution in [0.2, 0.25) is 0 Å². The number of rotatable bonds is 11. The lowest BCUT2D eigenvalue weighted by Crippen LogP contribution is -2.14. The largest absolute Gasteiger partial charge is 0.490 e. The smallest absolute Gasteiger partial charge is 0.322 e. The van der Waals surface area contributed by atoms with Gasteiger partial charge in [0.1, 0.15) is 0 Å². The molecule has 2 aromatic carbocycles. The summed E-state index contributed by atoms with van der Waals surface area (Å²) < 4.78 is 22.9. The Morgan fingerprint density at radius 2 is 1.47 bits per heavy atom. The third kappa shape index (κ3) is 5.78. The van der Waals surface area contributed by atoms with Gasteiger partial charge >= 0.3 is 6.01 Å². The van der Waals surface area contributed by atoms with Gasteiger partial charge in [-0.2, -0.15) is 0 Å². The Bertz CT molecular complexity index is 1000. The van der Waals surface area contributed by atoms with Crippen LogP contribution in [0.5, 0.6) is 17.2 Å². The summed E-state index contributed by atoms with van der Waals surface area (Å²) in [7, 11) is 0. The van der Waals surface area contributed by atoms with Crippen molar-refractivity contribution in [3.8, 4) is 28.7 Å². The van der Waals surface area contributed by atoms with Crippen molar-refractivity contribution < 1.29 is 23.4 Å². The Hall–Kier alpha value is -3.55. The molecule has 170 valence electrons. The standard InChI is InChI=1S/C24H29N3O5/c1-5-16-9-11-17(12-10-16)13-21(28)25-24-27-26-23(32-24)18-14-19(29-6-2)22(31-8-4)20(15-18)30-7-3/h9-12,14-15H,5-8,13H2,1-4H3,(H,25,27,28). The molecule has 1 amide bonds. The van der Waals surface area contributed by atoms with E-state index < -0.39 is 0 Å². The highest BCUT2D eigenvalue weighted by Gasteiger charge is 2.19. The van der Waals surface area contributed by atoms with E-state index in [0.29, 0.717) is 42.6 Å². The number of nitrogens with one attached hydrogen (secondary N) is 1. The first-order chi connectivity index (χ1) is 15.6. The molecule has 0 saturated heterocycles. The zero-order chi connectivity index (χ0) is 22.9. The van der Waals surface area contributed by atoms with Crippen molar-refractivity contribution in [2.75, 3.05) is 25.1 Å². The second-order valence-electron chi connectivity index (χ2n) is 6.91. The average Bonchev–Trinajstić information content (AvgIpc) is 3.25. The number of nitrogens with zero attached hydrogens (tertiary/aromatic N) is 2. The molecular weight excluding hydrogens is 410 g/mol. The molecule has 0 aliphatic rings. The van der Waals surface area contributed by atoms with Gasteiger partial charge in [0.2, 0.25) is 17.5 Å². The predicted molar refractivity (Wildman–Crippen MR) is 121 cm³/mol. The maximum absolute atomic E-state index is 12.4. The molecule has 0 radical (unpaired) electrons. The molecule has 3 rings (SSSR count). The quantitative estimate of drug-likeness (QED) is 0.463. The van der Waals surface area contributed by atoms with Gasteiger partial charge in [0.05, 0.1) is 26.2 Å². The van der Waals surface area contributed by atoms with Crippen molar-refractivity contribution >= 4 is 11.9 Å². The van der Waals surface area contributed by atoms with Gasteiger partial charge in [0.15, 0.2) is 11.5 Å². The van der Waals surface area contributed by atoms with Crippen molar-refractivity contribution in [1.29, 1.82) is 0 Å². The van der Waals surface area contributed by atoms with Crippen LogP contribution >= 0.6 is 0 Å². The first kappa shape index (κ1) is 23.1. The number of amides is 1. The third-order valence-corrected chi connectivity index (χ3v) is 4.62. The van der Waals surface area contributed by atoms with Gasteiger partial charge in [0, 0.05) is 5.56 Å². The van der Waals surface area contributed by atoms with Gasteiger partial charge in [-0.1, -0.05) is 36.3 Å². The normalized spacial score (nSPS) is 10.6. The average molecular weight is 440 g/mol. The maximum Gasteiger partial charge on any atom is 0.322 e. The molecule has 8 heteroatoms. The lowest BCUT2D eigenvalue weighted by atomic mass is 10.1. The second kappa shape index (κ2) is 11.2. The molecule has 3 aromatic rings. The van der Waals surface area contributed by atoms with Gasteiger partial charge in [-0.3, -0.25) is 10.1 Å². The molecule has 1 N–H and O–H groups in total. The Morgan fingerprint density at radius 3 is 2.03 bits per heavy atom. The Kier molecular flexibility index (Phi) is 8.08.